The first-order valence-corrected chi connectivity index (χ1v) is 17.4. The maximum absolute atomic E-state index is 12.8. The highest BCUT2D eigenvalue weighted by Gasteiger charge is 2.44. The van der Waals surface area contributed by atoms with Crippen LogP contribution in [0.3, 0.4) is 0 Å². The van der Waals surface area contributed by atoms with Crippen molar-refractivity contribution in [3.8, 4) is 5.75 Å². The van der Waals surface area contributed by atoms with E-state index in [1.165, 1.54) is 9.80 Å². The molecule has 3 aromatic carbocycles. The molecule has 1 N–H and O–H groups in total. The van der Waals surface area contributed by atoms with Crippen LogP contribution < -0.4 is 4.74 Å². The molecular formula is C40H50N2O10. The summed E-state index contributed by atoms with van der Waals surface area (Å²) < 4.78 is 27.5. The van der Waals surface area contributed by atoms with Crippen molar-refractivity contribution in [3.63, 3.8) is 0 Å². The van der Waals surface area contributed by atoms with Crippen molar-refractivity contribution in [3.05, 3.63) is 102 Å². The quantitative estimate of drug-likeness (QED) is 0.209. The Kier molecular flexibility index (Phi) is 13.7. The van der Waals surface area contributed by atoms with Crippen molar-refractivity contribution in [1.82, 2.24) is 9.80 Å². The van der Waals surface area contributed by atoms with Gasteiger partial charge in [0.1, 0.15) is 48.4 Å². The second kappa shape index (κ2) is 17.9. The number of ether oxygens (including phenoxy) is 5. The van der Waals surface area contributed by atoms with Gasteiger partial charge in [-0.05, 0) is 64.8 Å². The first-order chi connectivity index (χ1) is 24.6. The summed E-state index contributed by atoms with van der Waals surface area (Å²) in [7, 11) is 0. The molecule has 12 heteroatoms. The van der Waals surface area contributed by atoms with Crippen LogP contribution in [0.2, 0.25) is 0 Å². The number of amides is 2. The van der Waals surface area contributed by atoms with Gasteiger partial charge in [0.15, 0.2) is 0 Å². The molecule has 0 unspecified atom stereocenters. The normalized spacial score (nSPS) is 19.9. The Morgan fingerprint density at radius 3 is 1.46 bits per heavy atom. The molecule has 52 heavy (non-hydrogen) atoms. The third-order valence-corrected chi connectivity index (χ3v) is 7.84. The second-order valence-electron chi connectivity index (χ2n) is 14.7. The Labute approximate surface area is 305 Å². The third-order valence-electron chi connectivity index (χ3n) is 7.84. The van der Waals surface area contributed by atoms with Gasteiger partial charge >= 0.3 is 24.1 Å². The average molecular weight is 719 g/mol. The summed E-state index contributed by atoms with van der Waals surface area (Å²) in [6, 6.07) is 26.5. The summed E-state index contributed by atoms with van der Waals surface area (Å²) in [5.41, 5.74) is 0.430. The lowest BCUT2D eigenvalue weighted by molar-refractivity contribution is -0.150. The maximum Gasteiger partial charge on any atom is 0.411 e. The minimum Gasteiger partial charge on any atom is -0.488 e. The summed E-state index contributed by atoms with van der Waals surface area (Å²) in [5.74, 6) is -0.296. The van der Waals surface area contributed by atoms with Crippen LogP contribution in [0.25, 0.3) is 0 Å². The van der Waals surface area contributed by atoms with E-state index in [1.807, 2.05) is 91.0 Å². The highest BCUT2D eigenvalue weighted by molar-refractivity contribution is 5.83. The van der Waals surface area contributed by atoms with E-state index in [0.717, 1.165) is 11.1 Å². The van der Waals surface area contributed by atoms with Crippen LogP contribution in [0.4, 0.5) is 9.59 Å². The van der Waals surface area contributed by atoms with Crippen LogP contribution in [0.5, 0.6) is 5.75 Å². The first-order valence-electron chi connectivity index (χ1n) is 17.4. The molecule has 2 heterocycles. The number of hydrogen-bond donors (Lipinski definition) is 1. The average Bonchev–Trinajstić information content (AvgIpc) is 3.70. The fraction of sp³-hybridized carbons (Fsp3) is 0.450. The predicted octanol–water partition coefficient (Wildman–Crippen LogP) is 6.29. The minimum absolute atomic E-state index is 0.0695. The van der Waals surface area contributed by atoms with Gasteiger partial charge in [0.25, 0.3) is 0 Å². The molecule has 4 atom stereocenters. The van der Waals surface area contributed by atoms with Gasteiger partial charge in [-0.2, -0.15) is 0 Å². The van der Waals surface area contributed by atoms with Crippen LogP contribution in [0.15, 0.2) is 91.0 Å². The number of esters is 2. The third kappa shape index (κ3) is 12.6. The first kappa shape index (κ1) is 39.7. The molecule has 0 aliphatic carbocycles. The van der Waals surface area contributed by atoms with Gasteiger partial charge in [-0.1, -0.05) is 78.9 Å². The van der Waals surface area contributed by atoms with Gasteiger partial charge in [0.2, 0.25) is 0 Å². The van der Waals surface area contributed by atoms with Gasteiger partial charge in [0.05, 0.1) is 19.2 Å². The molecule has 2 aliphatic heterocycles. The number of carbonyl (C=O) groups is 4. The number of aliphatic hydroxyl groups is 1. The molecule has 0 radical (unpaired) electrons. The SMILES string of the molecule is CC(C)(C)OC(=O)N1C[C@@H](O)C[C@@H]1C(=O)OCc1ccccc1.CC(C)(C)OC(=O)N1C[C@H](Oc2ccccc2)C[C@@H]1C(=O)OCc1ccccc1. The monoisotopic (exact) mass is 718 g/mol. The van der Waals surface area contributed by atoms with Crippen LogP contribution in [0, 0.1) is 0 Å². The Morgan fingerprint density at radius 2 is 1.02 bits per heavy atom. The molecular weight excluding hydrogens is 668 g/mol. The minimum atomic E-state index is -0.816. The van der Waals surface area contributed by atoms with Crippen molar-refractivity contribution < 1.29 is 48.0 Å². The van der Waals surface area contributed by atoms with Gasteiger partial charge in [-0.25, -0.2) is 19.2 Å². The number of carbonyl (C=O) groups excluding carboxylic acids is 4. The summed E-state index contributed by atoms with van der Waals surface area (Å²) >= 11 is 0. The Bertz CT molecular complexity index is 1610. The lowest BCUT2D eigenvalue weighted by atomic mass is 10.2. The van der Waals surface area contributed by atoms with E-state index in [9.17, 15) is 24.3 Å². The molecule has 0 aromatic heterocycles. The number of aliphatic hydroxyl groups excluding tert-OH is 1. The molecule has 0 saturated carbocycles. The number of benzene rings is 3. The highest BCUT2D eigenvalue weighted by Crippen LogP contribution is 2.27. The molecule has 5 rings (SSSR count). The number of rotatable bonds is 8. The Balaban J connectivity index is 0.000000239. The standard InChI is InChI=1S/C23H27NO5.C17H23NO5/c1-23(2,3)29-22(26)24-15-19(28-18-12-8-5-9-13-18)14-20(24)21(25)27-16-17-10-6-4-7-11-17;1-17(2,3)23-16(21)18-10-13(19)9-14(18)15(20)22-11-12-7-5-4-6-8-12/h4-13,19-20H,14-16H2,1-3H3;4-8,13-14,19H,9-11H2,1-3H3/t19-,20-;13-,14+/m10/s1. The predicted molar refractivity (Wildman–Crippen MR) is 192 cm³/mol. The number of hydrogen-bond acceptors (Lipinski definition) is 10. The van der Waals surface area contributed by atoms with E-state index in [1.54, 1.807) is 41.5 Å². The fourth-order valence-corrected chi connectivity index (χ4v) is 5.53. The Morgan fingerprint density at radius 1 is 0.615 bits per heavy atom. The number of nitrogens with zero attached hydrogens (tertiary/aromatic N) is 2. The van der Waals surface area contributed by atoms with Crippen molar-refractivity contribution in [2.24, 2.45) is 0 Å². The largest absolute Gasteiger partial charge is 0.488 e. The lowest BCUT2D eigenvalue weighted by Gasteiger charge is -2.27. The zero-order valence-electron chi connectivity index (χ0n) is 30.7. The van der Waals surface area contributed by atoms with Crippen LogP contribution in [0.1, 0.15) is 65.5 Å². The zero-order chi connectivity index (χ0) is 37.9. The molecule has 2 amide bonds. The number of para-hydroxylation sites is 1. The summed E-state index contributed by atoms with van der Waals surface area (Å²) in [6.07, 6.45) is -1.72. The molecule has 2 aliphatic rings. The number of likely N-dealkylation sites (tertiary alicyclic amines) is 2. The van der Waals surface area contributed by atoms with Crippen molar-refractivity contribution in [1.29, 1.82) is 0 Å². The topological polar surface area (TPSA) is 141 Å². The Hall–Kier alpha value is -5.10. The van der Waals surface area contributed by atoms with Gasteiger partial charge in [-0.3, -0.25) is 9.80 Å². The lowest BCUT2D eigenvalue weighted by Crippen LogP contribution is -2.44. The van der Waals surface area contributed by atoms with Gasteiger partial charge in [0, 0.05) is 12.8 Å². The van der Waals surface area contributed by atoms with E-state index in [4.69, 9.17) is 23.7 Å². The summed E-state index contributed by atoms with van der Waals surface area (Å²) in [5, 5.41) is 9.79. The fourth-order valence-electron chi connectivity index (χ4n) is 5.53. The van der Waals surface area contributed by atoms with Crippen LogP contribution >= 0.6 is 0 Å². The number of β-amino-alcohol motifs (C(OH)–C–C–N with tert-alkyl or cyclic N) is 1. The van der Waals surface area contributed by atoms with Gasteiger partial charge < -0.3 is 28.8 Å². The molecule has 2 fully saturated rings. The molecule has 280 valence electrons. The summed E-state index contributed by atoms with van der Waals surface area (Å²) in [4.78, 5) is 52.5. The van der Waals surface area contributed by atoms with Crippen molar-refractivity contribution in [2.75, 3.05) is 13.1 Å². The highest BCUT2D eigenvalue weighted by atomic mass is 16.6. The molecule has 0 spiro atoms. The van der Waals surface area contributed by atoms with Crippen LogP contribution in [-0.2, 0) is 41.8 Å². The van der Waals surface area contributed by atoms with Crippen molar-refractivity contribution >= 4 is 24.1 Å². The molecule has 12 nitrogen and oxygen atoms in total. The zero-order valence-corrected chi connectivity index (χ0v) is 30.7. The van der Waals surface area contributed by atoms with E-state index in [2.05, 4.69) is 0 Å². The molecule has 3 aromatic rings. The van der Waals surface area contributed by atoms with Crippen molar-refractivity contribution in [2.45, 2.75) is 103 Å². The molecule has 2 saturated heterocycles. The smallest absolute Gasteiger partial charge is 0.411 e. The van der Waals surface area contributed by atoms with E-state index in [0.29, 0.717) is 12.2 Å². The van der Waals surface area contributed by atoms with Gasteiger partial charge in [-0.15, -0.1) is 0 Å². The van der Waals surface area contributed by atoms with E-state index >= 15 is 0 Å². The summed E-state index contributed by atoms with van der Waals surface area (Å²) in [6.45, 7) is 11.2. The second-order valence-corrected chi connectivity index (χ2v) is 14.7. The maximum atomic E-state index is 12.8. The van der Waals surface area contributed by atoms with Crippen LogP contribution in [-0.4, -0.2) is 87.6 Å². The van der Waals surface area contributed by atoms with E-state index < -0.39 is 53.5 Å². The van der Waals surface area contributed by atoms with E-state index in [-0.39, 0.29) is 38.8 Å². The molecule has 0 bridgehead atoms.